The Bertz CT molecular complexity index is 651. The maximum Gasteiger partial charge on any atom is 0.257 e. The molecule has 2 aromatic rings. The van der Waals surface area contributed by atoms with E-state index in [9.17, 15) is 4.79 Å². The minimum atomic E-state index is -0.133. The molecule has 1 fully saturated rings. The molecule has 122 valence electrons. The average molecular weight is 314 g/mol. The van der Waals surface area contributed by atoms with Gasteiger partial charge >= 0.3 is 0 Å². The van der Waals surface area contributed by atoms with Crippen LogP contribution in [0.2, 0.25) is 0 Å². The molecule has 0 saturated carbocycles. The largest absolute Gasteiger partial charge is 0.361 e. The highest BCUT2D eigenvalue weighted by atomic mass is 16.5. The Hall–Kier alpha value is -2.14. The lowest BCUT2D eigenvalue weighted by Crippen LogP contribution is -3.08. The molecule has 1 saturated heterocycles. The van der Waals surface area contributed by atoms with Gasteiger partial charge in [-0.1, -0.05) is 29.4 Å². The first-order chi connectivity index (χ1) is 11.1. The summed E-state index contributed by atoms with van der Waals surface area (Å²) < 4.78 is 5.03. The molecule has 2 heterocycles. The fraction of sp³-hybridized carbons (Fsp3) is 0.444. The molecule has 0 unspecified atom stereocenters. The fourth-order valence-corrected chi connectivity index (χ4v) is 3.19. The van der Waals surface area contributed by atoms with Crippen molar-refractivity contribution in [2.24, 2.45) is 0 Å². The van der Waals surface area contributed by atoms with Crippen LogP contribution in [0.15, 0.2) is 28.8 Å². The highest BCUT2D eigenvalue weighted by Gasteiger charge is 2.17. The lowest BCUT2D eigenvalue weighted by Gasteiger charge is -2.12. The van der Waals surface area contributed by atoms with Crippen molar-refractivity contribution in [3.63, 3.8) is 0 Å². The standard InChI is InChI=1S/C18H23N3O2/c1-13-17(14(2)23-20-13)18(22)19-11-15-5-7-16(8-6-15)12-21-9-3-4-10-21/h5-8H,3-4,9-12H2,1-2H3,(H,19,22)/p+1. The molecular weight excluding hydrogens is 290 g/mol. The smallest absolute Gasteiger partial charge is 0.257 e. The summed E-state index contributed by atoms with van der Waals surface area (Å²) in [6, 6.07) is 8.53. The van der Waals surface area contributed by atoms with Crippen LogP contribution in [0.5, 0.6) is 0 Å². The van der Waals surface area contributed by atoms with Gasteiger partial charge in [-0.25, -0.2) is 0 Å². The van der Waals surface area contributed by atoms with Crippen LogP contribution >= 0.6 is 0 Å². The topological polar surface area (TPSA) is 59.6 Å². The molecule has 0 aliphatic carbocycles. The fourth-order valence-electron chi connectivity index (χ4n) is 3.19. The minimum absolute atomic E-state index is 0.133. The number of aryl methyl sites for hydroxylation is 2. The summed E-state index contributed by atoms with van der Waals surface area (Å²) in [4.78, 5) is 13.9. The van der Waals surface area contributed by atoms with Crippen LogP contribution in [0.4, 0.5) is 0 Å². The second kappa shape index (κ2) is 6.96. The van der Waals surface area contributed by atoms with E-state index in [1.54, 1.807) is 18.7 Å². The van der Waals surface area contributed by atoms with Gasteiger partial charge in [-0.2, -0.15) is 0 Å². The average Bonchev–Trinajstić information content (AvgIpc) is 3.16. The zero-order chi connectivity index (χ0) is 16.2. The van der Waals surface area contributed by atoms with Crippen molar-refractivity contribution in [1.82, 2.24) is 10.5 Å². The highest BCUT2D eigenvalue weighted by Crippen LogP contribution is 2.12. The second-order valence-electron chi connectivity index (χ2n) is 6.33. The van der Waals surface area contributed by atoms with E-state index >= 15 is 0 Å². The van der Waals surface area contributed by atoms with Gasteiger partial charge in [0, 0.05) is 24.9 Å². The van der Waals surface area contributed by atoms with Gasteiger partial charge < -0.3 is 14.7 Å². The number of carbonyl (C=O) groups excluding carboxylic acids is 1. The molecule has 0 bridgehead atoms. The third kappa shape index (κ3) is 3.79. The predicted octanol–water partition coefficient (Wildman–Crippen LogP) is 1.40. The first-order valence-electron chi connectivity index (χ1n) is 8.26. The van der Waals surface area contributed by atoms with Gasteiger partial charge in [-0.15, -0.1) is 0 Å². The van der Waals surface area contributed by atoms with Crippen LogP contribution in [0.3, 0.4) is 0 Å². The summed E-state index contributed by atoms with van der Waals surface area (Å²) in [6.45, 7) is 7.72. The number of benzene rings is 1. The molecule has 0 atom stereocenters. The van der Waals surface area contributed by atoms with Crippen LogP contribution in [-0.2, 0) is 13.1 Å². The van der Waals surface area contributed by atoms with E-state index in [2.05, 4.69) is 34.7 Å². The third-order valence-corrected chi connectivity index (χ3v) is 4.50. The molecule has 1 aromatic heterocycles. The quantitative estimate of drug-likeness (QED) is 0.877. The maximum atomic E-state index is 12.2. The highest BCUT2D eigenvalue weighted by molar-refractivity contribution is 5.95. The van der Waals surface area contributed by atoms with Gasteiger partial charge in [0.05, 0.1) is 18.8 Å². The minimum Gasteiger partial charge on any atom is -0.361 e. The molecule has 1 aliphatic heterocycles. The van der Waals surface area contributed by atoms with Crippen LogP contribution in [0.1, 0.15) is 45.8 Å². The van der Waals surface area contributed by atoms with Crippen molar-refractivity contribution in [3.05, 3.63) is 52.4 Å². The first kappa shape index (κ1) is 15.7. The molecule has 5 heteroatoms. The number of quaternary nitrogens is 1. The summed E-state index contributed by atoms with van der Waals surface area (Å²) in [5.74, 6) is 0.427. The molecule has 1 aromatic carbocycles. The SMILES string of the molecule is Cc1noc(C)c1C(=O)NCc1ccc(C[NH+]2CCCC2)cc1. The number of nitrogens with one attached hydrogen (secondary N) is 2. The zero-order valence-corrected chi connectivity index (χ0v) is 13.8. The van der Waals surface area contributed by atoms with Gasteiger partial charge in [0.15, 0.2) is 0 Å². The van der Waals surface area contributed by atoms with E-state index in [1.807, 2.05) is 0 Å². The van der Waals surface area contributed by atoms with E-state index in [-0.39, 0.29) is 5.91 Å². The van der Waals surface area contributed by atoms with Gasteiger partial charge in [0.2, 0.25) is 0 Å². The number of aromatic nitrogens is 1. The second-order valence-corrected chi connectivity index (χ2v) is 6.33. The van der Waals surface area contributed by atoms with E-state index < -0.39 is 0 Å². The molecule has 0 spiro atoms. The molecule has 1 amide bonds. The number of carbonyl (C=O) groups is 1. The molecule has 1 aliphatic rings. The van der Waals surface area contributed by atoms with Crippen molar-refractivity contribution in [1.29, 1.82) is 0 Å². The van der Waals surface area contributed by atoms with Crippen LogP contribution in [0, 0.1) is 13.8 Å². The predicted molar refractivity (Wildman–Crippen MR) is 87.2 cm³/mol. The van der Waals surface area contributed by atoms with Crippen LogP contribution in [-0.4, -0.2) is 24.2 Å². The first-order valence-corrected chi connectivity index (χ1v) is 8.26. The molecule has 23 heavy (non-hydrogen) atoms. The van der Waals surface area contributed by atoms with Crippen LogP contribution in [0.25, 0.3) is 0 Å². The van der Waals surface area contributed by atoms with Gasteiger partial charge in [0.25, 0.3) is 5.91 Å². The Morgan fingerprint density at radius 1 is 1.17 bits per heavy atom. The molecule has 0 radical (unpaired) electrons. The van der Waals surface area contributed by atoms with Gasteiger partial charge in [0.1, 0.15) is 17.9 Å². The van der Waals surface area contributed by atoms with Gasteiger partial charge in [-0.05, 0) is 19.4 Å². The van der Waals surface area contributed by atoms with Crippen molar-refractivity contribution in [2.45, 2.75) is 39.8 Å². The Labute approximate surface area is 136 Å². The Morgan fingerprint density at radius 3 is 2.43 bits per heavy atom. The van der Waals surface area contributed by atoms with Crippen molar-refractivity contribution in [2.75, 3.05) is 13.1 Å². The van der Waals surface area contributed by atoms with E-state index in [0.29, 0.717) is 23.6 Å². The summed E-state index contributed by atoms with van der Waals surface area (Å²) in [5, 5.41) is 6.75. The number of rotatable bonds is 5. The monoisotopic (exact) mass is 314 g/mol. The Morgan fingerprint density at radius 2 is 1.83 bits per heavy atom. The van der Waals surface area contributed by atoms with Crippen molar-refractivity contribution in [3.8, 4) is 0 Å². The van der Waals surface area contributed by atoms with Crippen molar-refractivity contribution >= 4 is 5.91 Å². The molecule has 2 N–H and O–H groups in total. The van der Waals surface area contributed by atoms with Gasteiger partial charge in [-0.3, -0.25) is 4.79 Å². The van der Waals surface area contributed by atoms with Crippen molar-refractivity contribution < 1.29 is 14.2 Å². The third-order valence-electron chi connectivity index (χ3n) is 4.50. The summed E-state index contributed by atoms with van der Waals surface area (Å²) in [5.41, 5.74) is 3.64. The maximum absolute atomic E-state index is 12.2. The number of hydrogen-bond acceptors (Lipinski definition) is 3. The van der Waals surface area contributed by atoms with E-state index in [1.165, 1.54) is 31.5 Å². The normalized spacial score (nSPS) is 15.0. The Balaban J connectivity index is 1.55. The zero-order valence-electron chi connectivity index (χ0n) is 13.8. The number of likely N-dealkylation sites (tertiary alicyclic amines) is 1. The number of amides is 1. The van der Waals surface area contributed by atoms with Crippen LogP contribution < -0.4 is 10.2 Å². The summed E-state index contributed by atoms with van der Waals surface area (Å²) in [6.07, 6.45) is 2.70. The lowest BCUT2D eigenvalue weighted by atomic mass is 10.1. The summed E-state index contributed by atoms with van der Waals surface area (Å²) >= 11 is 0. The molecule has 3 rings (SSSR count). The molecule has 5 nitrogen and oxygen atoms in total. The molecular formula is C18H24N3O2+. The number of hydrogen-bond donors (Lipinski definition) is 2. The van der Waals surface area contributed by atoms with E-state index in [4.69, 9.17) is 4.52 Å². The number of nitrogens with zero attached hydrogens (tertiary/aromatic N) is 1. The lowest BCUT2D eigenvalue weighted by molar-refractivity contribution is -0.901. The van der Waals surface area contributed by atoms with E-state index in [0.717, 1.165) is 12.1 Å². The summed E-state index contributed by atoms with van der Waals surface area (Å²) in [7, 11) is 0. The Kier molecular flexibility index (Phi) is 4.76.